The molecule has 1 N–H and O–H groups in total. The van der Waals surface area contributed by atoms with Gasteiger partial charge in [0.05, 0.1) is 17.6 Å². The van der Waals surface area contributed by atoms with E-state index in [2.05, 4.69) is 28.5 Å². The van der Waals surface area contributed by atoms with Gasteiger partial charge in [0.1, 0.15) is 28.5 Å². The van der Waals surface area contributed by atoms with E-state index in [1.54, 1.807) is 0 Å². The molecule has 0 fully saturated rings. The van der Waals surface area contributed by atoms with Crippen LogP contribution in [-0.4, -0.2) is 43.6 Å². The molecule has 0 aromatic carbocycles. The molecule has 0 bridgehead atoms. The van der Waals surface area contributed by atoms with Gasteiger partial charge in [-0.05, 0) is 38.8 Å². The van der Waals surface area contributed by atoms with Crippen molar-refractivity contribution >= 4 is 32.5 Å². The van der Waals surface area contributed by atoms with Crippen molar-refractivity contribution < 1.29 is 8.42 Å². The molecule has 164 valence electrons. The first-order valence-electron chi connectivity index (χ1n) is 10.4. The number of hydrogen-bond acceptors (Lipinski definition) is 6. The van der Waals surface area contributed by atoms with Gasteiger partial charge in [0.25, 0.3) is 0 Å². The topological polar surface area (TPSA) is 107 Å². The summed E-state index contributed by atoms with van der Waals surface area (Å²) in [6.45, 7) is 8.03. The van der Waals surface area contributed by atoms with Gasteiger partial charge in [0, 0.05) is 19.0 Å². The summed E-state index contributed by atoms with van der Waals surface area (Å²) < 4.78 is 30.4. The van der Waals surface area contributed by atoms with Crippen molar-refractivity contribution in [3.8, 4) is 5.82 Å². The number of aryl methyl sites for hydroxylation is 4. The van der Waals surface area contributed by atoms with Crippen molar-refractivity contribution in [3.05, 3.63) is 41.4 Å². The second-order valence-electron chi connectivity index (χ2n) is 7.81. The van der Waals surface area contributed by atoms with Crippen LogP contribution in [0.4, 0.5) is 5.82 Å². The van der Waals surface area contributed by atoms with Gasteiger partial charge >= 0.3 is 0 Å². The number of pyridine rings is 1. The third-order valence-electron chi connectivity index (χ3n) is 5.00. The predicted molar refractivity (Wildman–Crippen MR) is 121 cm³/mol. The maximum Gasteiger partial charge on any atom is 0.231 e. The molecule has 0 radical (unpaired) electrons. The van der Waals surface area contributed by atoms with Crippen molar-refractivity contribution in [1.29, 1.82) is 0 Å². The van der Waals surface area contributed by atoms with Crippen LogP contribution in [0.5, 0.6) is 0 Å². The number of sulfonamides is 1. The van der Waals surface area contributed by atoms with E-state index >= 15 is 0 Å². The number of rotatable bonds is 7. The molecule has 4 aromatic heterocycles. The van der Waals surface area contributed by atoms with Crippen LogP contribution in [0, 0.1) is 13.8 Å². The molecule has 10 heteroatoms. The minimum atomic E-state index is -3.50. The first-order valence-corrected chi connectivity index (χ1v) is 12.3. The molecule has 4 aromatic rings. The normalized spacial score (nSPS) is 12.2. The van der Waals surface area contributed by atoms with Crippen molar-refractivity contribution in [2.45, 2.75) is 53.4 Å². The van der Waals surface area contributed by atoms with Crippen LogP contribution in [0.1, 0.15) is 49.7 Å². The van der Waals surface area contributed by atoms with Gasteiger partial charge in [-0.3, -0.25) is 13.7 Å². The summed E-state index contributed by atoms with van der Waals surface area (Å²) in [6.07, 6.45) is 6.57. The summed E-state index contributed by atoms with van der Waals surface area (Å²) in [4.78, 5) is 18.9. The molecule has 0 unspecified atom stereocenters. The van der Waals surface area contributed by atoms with Crippen LogP contribution in [0.25, 0.3) is 22.5 Å². The summed E-state index contributed by atoms with van der Waals surface area (Å²) in [5, 5.41) is 0. The van der Waals surface area contributed by atoms with Gasteiger partial charge in [0.2, 0.25) is 10.0 Å². The third-order valence-corrected chi connectivity index (χ3v) is 5.57. The molecule has 0 saturated heterocycles. The predicted octanol–water partition coefficient (Wildman–Crippen LogP) is 3.36. The van der Waals surface area contributed by atoms with E-state index in [-0.39, 0.29) is 5.82 Å². The zero-order chi connectivity index (χ0) is 22.3. The monoisotopic (exact) mass is 441 g/mol. The van der Waals surface area contributed by atoms with E-state index in [1.165, 1.54) is 0 Å². The molecule has 0 aliphatic carbocycles. The fourth-order valence-electron chi connectivity index (χ4n) is 3.87. The number of anilines is 1. The molecule has 0 aliphatic heterocycles. The standard InChI is InChI=1S/C21H27N7O2S/c1-6-8-16-22-13(3)12-27(16)17-11-10-15-21(25-17)28-18(9-7-2)23-14(4)19(28)20(24-15)26-31(5,29)30/h10-12H,6-9H2,1-5H3,(H,24,26). The molecule has 0 aliphatic rings. The molecule has 0 spiro atoms. The lowest BCUT2D eigenvalue weighted by Gasteiger charge is -2.12. The zero-order valence-corrected chi connectivity index (χ0v) is 19.3. The molecular formula is C21H27N7O2S. The lowest BCUT2D eigenvalue weighted by Crippen LogP contribution is -2.13. The zero-order valence-electron chi connectivity index (χ0n) is 18.5. The quantitative estimate of drug-likeness (QED) is 0.471. The molecule has 4 rings (SSSR count). The Hall–Kier alpha value is -3.01. The largest absolute Gasteiger partial charge is 0.288 e. The van der Waals surface area contributed by atoms with Gasteiger partial charge in [-0.15, -0.1) is 0 Å². The van der Waals surface area contributed by atoms with Crippen LogP contribution >= 0.6 is 0 Å². The molecule has 0 amide bonds. The Morgan fingerprint density at radius 3 is 2.35 bits per heavy atom. The fourth-order valence-corrected chi connectivity index (χ4v) is 4.36. The summed E-state index contributed by atoms with van der Waals surface area (Å²) >= 11 is 0. The number of fused-ring (bicyclic) bond motifs is 3. The van der Waals surface area contributed by atoms with Gasteiger partial charge in [0.15, 0.2) is 11.5 Å². The summed E-state index contributed by atoms with van der Waals surface area (Å²) in [5.74, 6) is 2.81. The summed E-state index contributed by atoms with van der Waals surface area (Å²) in [5.41, 5.74) is 3.50. The third kappa shape index (κ3) is 3.99. The Morgan fingerprint density at radius 1 is 0.968 bits per heavy atom. The highest BCUT2D eigenvalue weighted by atomic mass is 32.2. The molecule has 4 heterocycles. The highest BCUT2D eigenvalue weighted by molar-refractivity contribution is 7.92. The minimum Gasteiger partial charge on any atom is -0.288 e. The lowest BCUT2D eigenvalue weighted by molar-refractivity contribution is 0.606. The van der Waals surface area contributed by atoms with E-state index in [1.807, 2.05) is 41.1 Å². The highest BCUT2D eigenvalue weighted by Gasteiger charge is 2.20. The lowest BCUT2D eigenvalue weighted by atomic mass is 10.3. The molecular weight excluding hydrogens is 414 g/mol. The maximum absolute atomic E-state index is 12.0. The van der Waals surface area contributed by atoms with Crippen molar-refractivity contribution in [1.82, 2.24) is 28.9 Å². The number of hydrogen-bond donors (Lipinski definition) is 1. The van der Waals surface area contributed by atoms with E-state index in [9.17, 15) is 8.42 Å². The highest BCUT2D eigenvalue weighted by Crippen LogP contribution is 2.27. The second kappa shape index (κ2) is 7.92. The number of imidazole rings is 2. The average molecular weight is 442 g/mol. The Morgan fingerprint density at radius 2 is 1.68 bits per heavy atom. The van der Waals surface area contributed by atoms with Crippen LogP contribution in [0.2, 0.25) is 0 Å². The van der Waals surface area contributed by atoms with Crippen molar-refractivity contribution in [3.63, 3.8) is 0 Å². The molecule has 0 saturated carbocycles. The fraction of sp³-hybridized carbons (Fsp3) is 0.429. The Balaban J connectivity index is 2.03. The second-order valence-corrected chi connectivity index (χ2v) is 9.56. The number of nitrogens with one attached hydrogen (secondary N) is 1. The van der Waals surface area contributed by atoms with Crippen LogP contribution in [0.15, 0.2) is 18.3 Å². The molecule has 0 atom stereocenters. The SMILES string of the molecule is CCCc1nc(C)cn1-c1ccc2nc(NS(C)(=O)=O)c3c(C)nc(CCC)n3c2n1. The smallest absolute Gasteiger partial charge is 0.231 e. The van der Waals surface area contributed by atoms with Crippen molar-refractivity contribution in [2.24, 2.45) is 0 Å². The first kappa shape index (κ1) is 21.2. The maximum atomic E-state index is 12.0. The molecule has 9 nitrogen and oxygen atoms in total. The number of aromatic nitrogens is 6. The Kier molecular flexibility index (Phi) is 5.42. The van der Waals surface area contributed by atoms with Crippen molar-refractivity contribution in [2.75, 3.05) is 11.0 Å². The van der Waals surface area contributed by atoms with Crippen LogP contribution < -0.4 is 4.72 Å². The summed E-state index contributed by atoms with van der Waals surface area (Å²) in [6, 6.07) is 3.75. The van der Waals surface area contributed by atoms with Crippen LogP contribution in [0.3, 0.4) is 0 Å². The van der Waals surface area contributed by atoms with Crippen LogP contribution in [-0.2, 0) is 22.9 Å². The van der Waals surface area contributed by atoms with E-state index in [0.29, 0.717) is 22.4 Å². The van der Waals surface area contributed by atoms with E-state index in [4.69, 9.17) is 9.97 Å². The van der Waals surface area contributed by atoms with E-state index < -0.39 is 10.0 Å². The van der Waals surface area contributed by atoms with Gasteiger partial charge in [-0.2, -0.15) is 0 Å². The summed E-state index contributed by atoms with van der Waals surface area (Å²) in [7, 11) is -3.50. The number of nitrogens with zero attached hydrogens (tertiary/aromatic N) is 6. The van der Waals surface area contributed by atoms with Gasteiger partial charge < -0.3 is 0 Å². The minimum absolute atomic E-state index is 0.266. The molecule has 31 heavy (non-hydrogen) atoms. The van der Waals surface area contributed by atoms with E-state index in [0.717, 1.165) is 55.1 Å². The van der Waals surface area contributed by atoms with Gasteiger partial charge in [-0.25, -0.2) is 28.4 Å². The average Bonchev–Trinajstić information content (AvgIpc) is 3.21. The first-order chi connectivity index (χ1) is 14.7. The Labute approximate surface area is 181 Å². The van der Waals surface area contributed by atoms with Gasteiger partial charge in [-0.1, -0.05) is 13.8 Å². The Bertz CT molecular complexity index is 1390.